The molecule has 0 aliphatic carbocycles. The van der Waals surface area contributed by atoms with Crippen LogP contribution in [0.15, 0.2) is 24.3 Å². The fraction of sp³-hybridized carbons (Fsp3) is 0.143. The molecule has 0 bridgehead atoms. The van der Waals surface area contributed by atoms with Crippen LogP contribution in [0.3, 0.4) is 0 Å². The molecule has 4 nitrogen and oxygen atoms in total. The number of aromatic hydroxyl groups is 1. The van der Waals surface area contributed by atoms with E-state index in [2.05, 4.69) is 0 Å². The first-order chi connectivity index (χ1) is 5.47. The molecule has 0 amide bonds. The molecule has 0 fully saturated rings. The highest BCUT2D eigenvalue weighted by Crippen LogP contribution is 2.11. The number of hydrogen-bond acceptors (Lipinski definition) is 4. The summed E-state index contributed by atoms with van der Waals surface area (Å²) >= 11 is 0. The van der Waals surface area contributed by atoms with Gasteiger partial charge in [-0.2, -0.15) is 0 Å². The highest BCUT2D eigenvalue weighted by Gasteiger charge is 1.98. The van der Waals surface area contributed by atoms with E-state index < -0.39 is 15.9 Å². The normalized spacial score (nSPS) is 11.4. The summed E-state index contributed by atoms with van der Waals surface area (Å²) in [4.78, 5) is 0. The number of phenols is 1. The lowest BCUT2D eigenvalue weighted by Crippen LogP contribution is -2.01. The molecule has 0 saturated carbocycles. The largest absolute Gasteiger partial charge is 0.748 e. The van der Waals surface area contributed by atoms with E-state index in [0.29, 0.717) is 5.56 Å². The summed E-state index contributed by atoms with van der Waals surface area (Å²) in [7, 11) is -4.22. The third kappa shape index (κ3) is 2.89. The van der Waals surface area contributed by atoms with Crippen LogP contribution in [0, 0.1) is 0 Å². The first-order valence-corrected chi connectivity index (χ1v) is 4.76. The minimum absolute atomic E-state index is 0.0436. The molecule has 0 saturated heterocycles. The Morgan fingerprint density at radius 3 is 2.17 bits per heavy atom. The minimum Gasteiger partial charge on any atom is -0.748 e. The second-order valence-corrected chi connectivity index (χ2v) is 3.77. The van der Waals surface area contributed by atoms with Crippen molar-refractivity contribution < 1.29 is 18.1 Å². The Morgan fingerprint density at radius 1 is 1.25 bits per heavy atom. The molecule has 0 radical (unpaired) electrons. The lowest BCUT2D eigenvalue weighted by Gasteiger charge is -2.05. The van der Waals surface area contributed by atoms with Crippen LogP contribution in [-0.4, -0.2) is 18.1 Å². The topological polar surface area (TPSA) is 77.4 Å². The third-order valence-corrected chi connectivity index (χ3v) is 1.97. The van der Waals surface area contributed by atoms with Gasteiger partial charge in [0.25, 0.3) is 0 Å². The standard InChI is InChI=1S/C7H8O4S/c8-7-3-1-6(2-4-7)5-12(9,10)11/h1-4,8H,5H2,(H,9,10,11)/p-1. The number of phenolic OH excluding ortho intramolecular Hbond substituents is 1. The van der Waals surface area contributed by atoms with Gasteiger partial charge < -0.3 is 9.66 Å². The zero-order valence-electron chi connectivity index (χ0n) is 6.10. The van der Waals surface area contributed by atoms with Crippen molar-refractivity contribution in [3.63, 3.8) is 0 Å². The van der Waals surface area contributed by atoms with Gasteiger partial charge in [-0.15, -0.1) is 0 Å². The fourth-order valence-electron chi connectivity index (χ4n) is 0.796. The van der Waals surface area contributed by atoms with Crippen LogP contribution in [-0.2, 0) is 15.9 Å². The second-order valence-electron chi connectivity index (χ2n) is 2.37. The average Bonchev–Trinajstić information content (AvgIpc) is 1.91. The van der Waals surface area contributed by atoms with Gasteiger partial charge in [-0.05, 0) is 17.7 Å². The molecule has 0 spiro atoms. The summed E-state index contributed by atoms with van der Waals surface area (Å²) in [5.74, 6) is -0.491. The first-order valence-electron chi connectivity index (χ1n) is 3.19. The Kier molecular flexibility index (Phi) is 2.35. The van der Waals surface area contributed by atoms with Gasteiger partial charge in [-0.1, -0.05) is 12.1 Å². The molecule has 5 heteroatoms. The maximum absolute atomic E-state index is 10.3. The van der Waals surface area contributed by atoms with Crippen molar-refractivity contribution in [1.82, 2.24) is 0 Å². The van der Waals surface area contributed by atoms with Crippen LogP contribution in [0.4, 0.5) is 0 Å². The van der Waals surface area contributed by atoms with Gasteiger partial charge in [0.15, 0.2) is 0 Å². The number of hydrogen-bond donors (Lipinski definition) is 1. The molecule has 1 aromatic rings. The summed E-state index contributed by atoms with van der Waals surface area (Å²) in [6, 6.07) is 5.45. The van der Waals surface area contributed by atoms with E-state index >= 15 is 0 Å². The van der Waals surface area contributed by atoms with Crippen molar-refractivity contribution in [3.8, 4) is 5.75 Å². The number of rotatable bonds is 2. The van der Waals surface area contributed by atoms with Gasteiger partial charge in [0, 0.05) is 0 Å². The third-order valence-electron chi connectivity index (χ3n) is 1.28. The van der Waals surface area contributed by atoms with Crippen molar-refractivity contribution in [2.75, 3.05) is 0 Å². The van der Waals surface area contributed by atoms with Crippen LogP contribution in [0.1, 0.15) is 5.56 Å². The predicted octanol–water partition coefficient (Wildman–Crippen LogP) is 0.437. The zero-order chi connectivity index (χ0) is 9.19. The van der Waals surface area contributed by atoms with Crippen molar-refractivity contribution in [2.45, 2.75) is 5.75 Å². The van der Waals surface area contributed by atoms with Gasteiger partial charge in [0.2, 0.25) is 0 Å². The van der Waals surface area contributed by atoms with Crippen LogP contribution < -0.4 is 0 Å². The van der Waals surface area contributed by atoms with Crippen LogP contribution in [0.5, 0.6) is 5.75 Å². The lowest BCUT2D eigenvalue weighted by molar-refractivity contribution is 0.461. The molecular weight excluding hydrogens is 180 g/mol. The molecule has 66 valence electrons. The van der Waals surface area contributed by atoms with Crippen molar-refractivity contribution in [3.05, 3.63) is 29.8 Å². The summed E-state index contributed by atoms with van der Waals surface area (Å²) in [5, 5.41) is 8.83. The molecule has 0 heterocycles. The minimum atomic E-state index is -4.22. The van der Waals surface area contributed by atoms with E-state index in [-0.39, 0.29) is 5.75 Å². The predicted molar refractivity (Wildman–Crippen MR) is 41.5 cm³/mol. The average molecular weight is 187 g/mol. The Hall–Kier alpha value is -1.07. The Balaban J connectivity index is 2.85. The monoisotopic (exact) mass is 187 g/mol. The maximum atomic E-state index is 10.3. The summed E-state index contributed by atoms with van der Waals surface area (Å²) < 4.78 is 30.8. The summed E-state index contributed by atoms with van der Waals surface area (Å²) in [6.45, 7) is 0. The summed E-state index contributed by atoms with van der Waals surface area (Å²) in [5.41, 5.74) is 0.378. The molecule has 12 heavy (non-hydrogen) atoms. The van der Waals surface area contributed by atoms with Crippen LogP contribution in [0.2, 0.25) is 0 Å². The molecule has 0 unspecified atom stereocenters. The Bertz CT molecular complexity index is 351. The molecule has 1 N–H and O–H groups in total. The van der Waals surface area contributed by atoms with Gasteiger partial charge in [-0.25, -0.2) is 8.42 Å². The van der Waals surface area contributed by atoms with E-state index in [4.69, 9.17) is 5.11 Å². The van der Waals surface area contributed by atoms with Gasteiger partial charge in [0.1, 0.15) is 5.75 Å². The van der Waals surface area contributed by atoms with Crippen LogP contribution >= 0.6 is 0 Å². The maximum Gasteiger partial charge on any atom is 0.115 e. The Labute approximate surface area is 70.2 Å². The smallest absolute Gasteiger partial charge is 0.115 e. The SMILES string of the molecule is O=S(=O)([O-])Cc1ccc(O)cc1. The molecular formula is C7H7O4S-. The molecule has 0 atom stereocenters. The number of benzene rings is 1. The molecule has 0 aliphatic rings. The van der Waals surface area contributed by atoms with Crippen molar-refractivity contribution in [2.24, 2.45) is 0 Å². The molecule has 0 aliphatic heterocycles. The second kappa shape index (κ2) is 3.12. The molecule has 0 aromatic heterocycles. The Morgan fingerprint density at radius 2 is 1.75 bits per heavy atom. The van der Waals surface area contributed by atoms with E-state index in [0.717, 1.165) is 0 Å². The fourth-order valence-corrected chi connectivity index (χ4v) is 1.40. The molecule has 1 aromatic carbocycles. The van der Waals surface area contributed by atoms with Gasteiger partial charge >= 0.3 is 0 Å². The van der Waals surface area contributed by atoms with E-state index in [1.807, 2.05) is 0 Å². The lowest BCUT2D eigenvalue weighted by atomic mass is 10.2. The highest BCUT2D eigenvalue weighted by atomic mass is 32.2. The van der Waals surface area contributed by atoms with Crippen molar-refractivity contribution >= 4 is 10.1 Å². The van der Waals surface area contributed by atoms with E-state index in [1.165, 1.54) is 24.3 Å². The summed E-state index contributed by atoms with van der Waals surface area (Å²) in [6.07, 6.45) is 0. The van der Waals surface area contributed by atoms with E-state index in [9.17, 15) is 13.0 Å². The highest BCUT2D eigenvalue weighted by molar-refractivity contribution is 7.84. The van der Waals surface area contributed by atoms with Crippen molar-refractivity contribution in [1.29, 1.82) is 0 Å². The van der Waals surface area contributed by atoms with Gasteiger partial charge in [-0.3, -0.25) is 0 Å². The first kappa shape index (κ1) is 9.02. The van der Waals surface area contributed by atoms with E-state index in [1.54, 1.807) is 0 Å². The molecule has 1 rings (SSSR count). The quantitative estimate of drug-likeness (QED) is 0.681. The van der Waals surface area contributed by atoms with Crippen LogP contribution in [0.25, 0.3) is 0 Å². The van der Waals surface area contributed by atoms with Gasteiger partial charge in [0.05, 0.1) is 15.9 Å². The zero-order valence-corrected chi connectivity index (χ0v) is 6.91.